The lowest BCUT2D eigenvalue weighted by atomic mass is 9.97. The molecule has 6 heteroatoms. The topological polar surface area (TPSA) is 94.4 Å². The number of aliphatic hydroxyl groups is 1. The van der Waals surface area contributed by atoms with Crippen molar-refractivity contribution in [2.75, 3.05) is 18.5 Å². The third-order valence-electron chi connectivity index (χ3n) is 3.49. The Morgan fingerprint density at radius 2 is 2.25 bits per heavy atom. The maximum Gasteiger partial charge on any atom is 0.319 e. The van der Waals surface area contributed by atoms with Crippen LogP contribution in [0.3, 0.4) is 0 Å². The highest BCUT2D eigenvalue weighted by molar-refractivity contribution is 5.89. The number of carbonyl (C=O) groups excluding carboxylic acids is 1. The van der Waals surface area contributed by atoms with Crippen LogP contribution in [0.15, 0.2) is 24.3 Å². The molecule has 0 aliphatic carbocycles. The summed E-state index contributed by atoms with van der Waals surface area (Å²) in [5.41, 5.74) is 0.105. The number of nitrogens with one attached hydrogen (secondary N) is 2. The fourth-order valence-corrected chi connectivity index (χ4v) is 2.04. The summed E-state index contributed by atoms with van der Waals surface area (Å²) in [6.07, 6.45) is 0.211. The summed E-state index contributed by atoms with van der Waals surface area (Å²) in [6, 6.07) is 8.14. The van der Waals surface area contributed by atoms with Gasteiger partial charge in [0.1, 0.15) is 5.60 Å². The van der Waals surface area contributed by atoms with E-state index in [1.807, 2.05) is 6.07 Å². The zero-order chi connectivity index (χ0) is 14.6. The van der Waals surface area contributed by atoms with Crippen molar-refractivity contribution >= 4 is 11.7 Å². The third-order valence-corrected chi connectivity index (χ3v) is 3.49. The molecule has 6 nitrogen and oxygen atoms in total. The molecule has 106 valence electrons. The number of rotatable bonds is 3. The highest BCUT2D eigenvalue weighted by atomic mass is 16.5. The van der Waals surface area contributed by atoms with E-state index in [9.17, 15) is 9.90 Å². The van der Waals surface area contributed by atoms with Crippen molar-refractivity contribution in [2.45, 2.75) is 25.0 Å². The zero-order valence-electron chi connectivity index (χ0n) is 11.2. The van der Waals surface area contributed by atoms with Crippen LogP contribution in [0.25, 0.3) is 0 Å². The van der Waals surface area contributed by atoms with Gasteiger partial charge in [0.2, 0.25) is 0 Å². The summed E-state index contributed by atoms with van der Waals surface area (Å²) in [6.45, 7) is 2.42. The fraction of sp³-hybridized carbons (Fsp3) is 0.429. The lowest BCUT2D eigenvalue weighted by molar-refractivity contribution is -0.0241. The first kappa shape index (κ1) is 14.3. The second kappa shape index (κ2) is 5.90. The second-order valence-electron chi connectivity index (χ2n) is 4.86. The van der Waals surface area contributed by atoms with Crippen molar-refractivity contribution in [3.63, 3.8) is 0 Å². The standard InChI is InChI=1S/C14H17N3O3/c1-10-14(19,6-7-20-10)9-16-13(18)17-12-4-2-11(8-15)3-5-12/h2-5,10,19H,6-7,9H2,1H3,(H2,16,17,18). The maximum atomic E-state index is 11.7. The summed E-state index contributed by atoms with van der Waals surface area (Å²) in [4.78, 5) is 11.7. The van der Waals surface area contributed by atoms with Gasteiger partial charge >= 0.3 is 6.03 Å². The van der Waals surface area contributed by atoms with Crippen LogP contribution in [0, 0.1) is 11.3 Å². The van der Waals surface area contributed by atoms with Crippen LogP contribution in [0.5, 0.6) is 0 Å². The molecule has 1 aromatic rings. The molecular weight excluding hydrogens is 258 g/mol. The Balaban J connectivity index is 1.85. The Morgan fingerprint density at radius 1 is 1.55 bits per heavy atom. The van der Waals surface area contributed by atoms with Gasteiger partial charge in [0, 0.05) is 18.7 Å². The quantitative estimate of drug-likeness (QED) is 0.773. The molecule has 1 aromatic carbocycles. The molecule has 1 aliphatic heterocycles. The monoisotopic (exact) mass is 275 g/mol. The number of amides is 2. The van der Waals surface area contributed by atoms with Gasteiger partial charge in [-0.1, -0.05) is 0 Å². The first-order valence-electron chi connectivity index (χ1n) is 6.42. The number of anilines is 1. The highest BCUT2D eigenvalue weighted by Gasteiger charge is 2.39. The van der Waals surface area contributed by atoms with E-state index in [-0.39, 0.29) is 12.6 Å². The van der Waals surface area contributed by atoms with E-state index in [0.717, 1.165) is 0 Å². The normalized spacial score (nSPS) is 24.9. The Bertz CT molecular complexity index is 523. The van der Waals surface area contributed by atoms with Crippen molar-refractivity contribution in [1.82, 2.24) is 5.32 Å². The Labute approximate surface area is 117 Å². The molecule has 1 saturated heterocycles. The van der Waals surface area contributed by atoms with Crippen molar-refractivity contribution < 1.29 is 14.6 Å². The predicted octanol–water partition coefficient (Wildman–Crippen LogP) is 1.22. The van der Waals surface area contributed by atoms with Gasteiger partial charge in [-0.3, -0.25) is 0 Å². The van der Waals surface area contributed by atoms with Gasteiger partial charge in [-0.15, -0.1) is 0 Å². The molecule has 3 N–H and O–H groups in total. The van der Waals surface area contributed by atoms with Crippen LogP contribution in [-0.2, 0) is 4.74 Å². The molecule has 2 rings (SSSR count). The SMILES string of the molecule is CC1OCCC1(O)CNC(=O)Nc1ccc(C#N)cc1. The second-order valence-corrected chi connectivity index (χ2v) is 4.86. The molecule has 0 spiro atoms. The average Bonchev–Trinajstić information content (AvgIpc) is 2.78. The van der Waals surface area contributed by atoms with Gasteiger partial charge < -0.3 is 20.5 Å². The molecule has 2 unspecified atom stereocenters. The zero-order valence-corrected chi connectivity index (χ0v) is 11.2. The smallest absolute Gasteiger partial charge is 0.319 e. The Kier molecular flexibility index (Phi) is 4.23. The first-order chi connectivity index (χ1) is 9.53. The number of urea groups is 1. The van der Waals surface area contributed by atoms with E-state index >= 15 is 0 Å². The molecule has 0 bridgehead atoms. The van der Waals surface area contributed by atoms with E-state index < -0.39 is 11.6 Å². The van der Waals surface area contributed by atoms with Crippen LogP contribution >= 0.6 is 0 Å². The molecule has 0 radical (unpaired) electrons. The molecule has 20 heavy (non-hydrogen) atoms. The van der Waals surface area contributed by atoms with Crippen LogP contribution in [0.4, 0.5) is 10.5 Å². The number of hydrogen-bond donors (Lipinski definition) is 3. The van der Waals surface area contributed by atoms with E-state index in [1.165, 1.54) is 0 Å². The highest BCUT2D eigenvalue weighted by Crippen LogP contribution is 2.24. The molecule has 1 fully saturated rings. The van der Waals surface area contributed by atoms with Crippen LogP contribution in [0.1, 0.15) is 18.9 Å². The molecule has 0 saturated carbocycles. The van der Waals surface area contributed by atoms with Gasteiger partial charge in [0.05, 0.1) is 24.3 Å². The average molecular weight is 275 g/mol. The van der Waals surface area contributed by atoms with E-state index in [0.29, 0.717) is 24.3 Å². The summed E-state index contributed by atoms with van der Waals surface area (Å²) in [7, 11) is 0. The molecular formula is C14H17N3O3. The summed E-state index contributed by atoms with van der Waals surface area (Å²) >= 11 is 0. The van der Waals surface area contributed by atoms with Gasteiger partial charge in [-0.25, -0.2) is 4.79 Å². The van der Waals surface area contributed by atoms with Gasteiger partial charge in [-0.2, -0.15) is 5.26 Å². The largest absolute Gasteiger partial charge is 0.385 e. The Hall–Kier alpha value is -2.10. The minimum atomic E-state index is -1.01. The van der Waals surface area contributed by atoms with Crippen LogP contribution < -0.4 is 10.6 Å². The van der Waals surface area contributed by atoms with Crippen LogP contribution in [0.2, 0.25) is 0 Å². The molecule has 0 aromatic heterocycles. The minimum absolute atomic E-state index is 0.135. The number of nitriles is 1. The predicted molar refractivity (Wildman–Crippen MR) is 73.2 cm³/mol. The summed E-state index contributed by atoms with van der Waals surface area (Å²) in [5, 5.41) is 24.2. The van der Waals surface area contributed by atoms with Gasteiger partial charge in [-0.05, 0) is 31.2 Å². The van der Waals surface area contributed by atoms with Crippen molar-refractivity contribution in [1.29, 1.82) is 5.26 Å². The van der Waals surface area contributed by atoms with Crippen molar-refractivity contribution in [3.8, 4) is 6.07 Å². The minimum Gasteiger partial charge on any atom is -0.385 e. The lowest BCUT2D eigenvalue weighted by Gasteiger charge is -2.26. The van der Waals surface area contributed by atoms with Crippen LogP contribution in [-0.4, -0.2) is 36.0 Å². The van der Waals surface area contributed by atoms with E-state index in [4.69, 9.17) is 10.00 Å². The van der Waals surface area contributed by atoms with Crippen molar-refractivity contribution in [3.05, 3.63) is 29.8 Å². The Morgan fingerprint density at radius 3 is 2.80 bits per heavy atom. The first-order valence-corrected chi connectivity index (χ1v) is 6.42. The van der Waals surface area contributed by atoms with E-state index in [1.54, 1.807) is 31.2 Å². The molecule has 1 aliphatic rings. The molecule has 1 heterocycles. The number of nitrogens with zero attached hydrogens (tertiary/aromatic N) is 1. The molecule has 2 atom stereocenters. The van der Waals surface area contributed by atoms with Gasteiger partial charge in [0.25, 0.3) is 0 Å². The summed E-state index contributed by atoms with van der Waals surface area (Å²) < 4.78 is 5.29. The number of carbonyl (C=O) groups is 1. The van der Waals surface area contributed by atoms with Gasteiger partial charge in [0.15, 0.2) is 0 Å². The maximum absolute atomic E-state index is 11.7. The number of ether oxygens (including phenoxy) is 1. The third kappa shape index (κ3) is 3.26. The molecule has 2 amide bonds. The van der Waals surface area contributed by atoms with Crippen molar-refractivity contribution in [2.24, 2.45) is 0 Å². The van der Waals surface area contributed by atoms with E-state index in [2.05, 4.69) is 10.6 Å². The number of benzene rings is 1. The number of hydrogen-bond acceptors (Lipinski definition) is 4. The lowest BCUT2D eigenvalue weighted by Crippen LogP contribution is -2.48. The fourth-order valence-electron chi connectivity index (χ4n) is 2.04. The summed E-state index contributed by atoms with van der Waals surface area (Å²) in [5.74, 6) is 0.